The van der Waals surface area contributed by atoms with Gasteiger partial charge in [0.25, 0.3) is 5.56 Å². The number of anilines is 1. The van der Waals surface area contributed by atoms with Gasteiger partial charge in [-0.15, -0.1) is 11.6 Å². The first-order chi connectivity index (χ1) is 7.49. The molecule has 0 bridgehead atoms. The largest absolute Gasteiger partial charge is 0.351 e. The van der Waals surface area contributed by atoms with E-state index >= 15 is 0 Å². The number of hydrogen-bond acceptors (Lipinski definition) is 3. The Balaban J connectivity index is 3.16. The Hall–Kier alpha value is -1.03. The summed E-state index contributed by atoms with van der Waals surface area (Å²) in [4.78, 5) is 18.0. The molecule has 4 nitrogen and oxygen atoms in total. The zero-order chi connectivity index (χ0) is 12.3. The summed E-state index contributed by atoms with van der Waals surface area (Å²) in [6, 6.07) is 0.221. The minimum atomic E-state index is -0.0723. The van der Waals surface area contributed by atoms with Gasteiger partial charge in [-0.3, -0.25) is 4.79 Å². The van der Waals surface area contributed by atoms with Crippen LogP contribution in [0.25, 0.3) is 0 Å². The third kappa shape index (κ3) is 2.55. The Bertz CT molecular complexity index is 402. The summed E-state index contributed by atoms with van der Waals surface area (Å²) in [6.07, 6.45) is 3.35. The Kier molecular flexibility index (Phi) is 4.35. The van der Waals surface area contributed by atoms with Gasteiger partial charge in [-0.2, -0.15) is 0 Å². The number of alkyl halides is 1. The molecule has 0 aromatic carbocycles. The molecule has 0 aliphatic rings. The van der Waals surface area contributed by atoms with E-state index in [1.807, 2.05) is 32.7 Å². The summed E-state index contributed by atoms with van der Waals surface area (Å²) in [5.74, 6) is 0.915. The van der Waals surface area contributed by atoms with Crippen LogP contribution in [0.1, 0.15) is 26.8 Å². The van der Waals surface area contributed by atoms with Gasteiger partial charge in [-0.25, -0.2) is 4.98 Å². The fourth-order valence-electron chi connectivity index (χ4n) is 1.37. The van der Waals surface area contributed by atoms with Crippen molar-refractivity contribution in [3.63, 3.8) is 0 Å². The summed E-state index contributed by atoms with van der Waals surface area (Å²) >= 11 is 5.77. The molecule has 0 amide bonds. The highest BCUT2D eigenvalue weighted by Crippen LogP contribution is 2.08. The van der Waals surface area contributed by atoms with Crippen molar-refractivity contribution in [3.05, 3.63) is 22.7 Å². The minimum absolute atomic E-state index is 0.0723. The van der Waals surface area contributed by atoms with Gasteiger partial charge < -0.3 is 9.47 Å². The lowest BCUT2D eigenvalue weighted by atomic mass is 10.3. The van der Waals surface area contributed by atoms with E-state index in [1.54, 1.807) is 17.0 Å². The molecule has 0 saturated heterocycles. The monoisotopic (exact) mass is 243 g/mol. The summed E-state index contributed by atoms with van der Waals surface area (Å²) in [6.45, 7) is 5.90. The highest BCUT2D eigenvalue weighted by atomic mass is 35.5. The Labute approximate surface area is 101 Å². The Morgan fingerprint density at radius 1 is 1.50 bits per heavy atom. The normalized spacial score (nSPS) is 12.9. The minimum Gasteiger partial charge on any atom is -0.351 e. The third-order valence-corrected chi connectivity index (χ3v) is 3.07. The van der Waals surface area contributed by atoms with E-state index in [2.05, 4.69) is 4.98 Å². The fourth-order valence-corrected chi connectivity index (χ4v) is 1.58. The van der Waals surface area contributed by atoms with Crippen molar-refractivity contribution in [1.29, 1.82) is 0 Å². The van der Waals surface area contributed by atoms with Crippen molar-refractivity contribution < 1.29 is 0 Å². The van der Waals surface area contributed by atoms with Crippen LogP contribution < -0.4 is 10.5 Å². The molecule has 0 radical (unpaired) electrons. The number of nitrogens with zero attached hydrogens (tertiary/aromatic N) is 3. The van der Waals surface area contributed by atoms with E-state index in [1.165, 1.54) is 0 Å². The standard InChI is InChI=1S/C11H18ClN3O/c1-8(2)15-6-5-13-10(11(15)16)14(4)9(3)7-12/h5-6,8-9H,7H2,1-4H3. The van der Waals surface area contributed by atoms with Gasteiger partial charge in [-0.1, -0.05) is 0 Å². The molecule has 1 rings (SSSR count). The molecule has 16 heavy (non-hydrogen) atoms. The molecule has 0 fully saturated rings. The number of hydrogen-bond donors (Lipinski definition) is 0. The van der Waals surface area contributed by atoms with Gasteiger partial charge in [0.2, 0.25) is 0 Å². The molecule has 90 valence electrons. The van der Waals surface area contributed by atoms with Crippen LogP contribution in [0.3, 0.4) is 0 Å². The second kappa shape index (κ2) is 5.34. The molecular formula is C11H18ClN3O. The molecule has 0 saturated carbocycles. The Morgan fingerprint density at radius 3 is 2.62 bits per heavy atom. The lowest BCUT2D eigenvalue weighted by molar-refractivity contribution is 0.570. The molecule has 1 atom stereocenters. The maximum absolute atomic E-state index is 12.1. The van der Waals surface area contributed by atoms with Crippen LogP contribution in [0, 0.1) is 0 Å². The lowest BCUT2D eigenvalue weighted by Crippen LogP contribution is -2.37. The summed E-state index contributed by atoms with van der Waals surface area (Å²) in [5, 5.41) is 0. The van der Waals surface area contributed by atoms with Crippen LogP contribution in [-0.4, -0.2) is 28.5 Å². The number of aromatic nitrogens is 2. The van der Waals surface area contributed by atoms with Crippen LogP contribution in [-0.2, 0) is 0 Å². The van der Waals surface area contributed by atoms with E-state index < -0.39 is 0 Å². The summed E-state index contributed by atoms with van der Waals surface area (Å²) < 4.78 is 1.67. The molecular weight excluding hydrogens is 226 g/mol. The van der Waals surface area contributed by atoms with Crippen molar-refractivity contribution in [2.45, 2.75) is 32.9 Å². The fraction of sp³-hybridized carbons (Fsp3) is 0.636. The van der Waals surface area contributed by atoms with Gasteiger partial charge in [0.15, 0.2) is 5.82 Å². The first-order valence-corrected chi connectivity index (χ1v) is 5.88. The molecule has 1 aromatic rings. The molecule has 0 N–H and O–H groups in total. The second-order valence-corrected chi connectivity index (χ2v) is 4.48. The lowest BCUT2D eigenvalue weighted by Gasteiger charge is -2.24. The molecule has 1 aromatic heterocycles. The predicted molar refractivity (Wildman–Crippen MR) is 67.5 cm³/mol. The van der Waals surface area contributed by atoms with Crippen LogP contribution >= 0.6 is 11.6 Å². The highest BCUT2D eigenvalue weighted by Gasteiger charge is 2.15. The van der Waals surface area contributed by atoms with Gasteiger partial charge in [-0.05, 0) is 20.8 Å². The first kappa shape index (κ1) is 13.0. The van der Waals surface area contributed by atoms with E-state index in [0.717, 1.165) is 0 Å². The third-order valence-electron chi connectivity index (χ3n) is 2.62. The molecule has 1 unspecified atom stereocenters. The molecule has 1 heterocycles. The van der Waals surface area contributed by atoms with E-state index in [4.69, 9.17) is 11.6 Å². The van der Waals surface area contributed by atoms with Gasteiger partial charge in [0.05, 0.1) is 0 Å². The zero-order valence-electron chi connectivity index (χ0n) is 10.1. The number of halogens is 1. The van der Waals surface area contributed by atoms with E-state index in [0.29, 0.717) is 11.7 Å². The van der Waals surface area contributed by atoms with Crippen LogP contribution in [0.5, 0.6) is 0 Å². The van der Waals surface area contributed by atoms with Crippen molar-refractivity contribution in [2.75, 3.05) is 17.8 Å². The van der Waals surface area contributed by atoms with Crippen LogP contribution in [0.15, 0.2) is 17.2 Å². The average molecular weight is 244 g/mol. The molecule has 0 aliphatic carbocycles. The van der Waals surface area contributed by atoms with Crippen LogP contribution in [0.4, 0.5) is 5.82 Å². The molecule has 5 heteroatoms. The van der Waals surface area contributed by atoms with E-state index in [-0.39, 0.29) is 17.6 Å². The molecule has 0 aliphatic heterocycles. The van der Waals surface area contributed by atoms with Crippen molar-refractivity contribution >= 4 is 17.4 Å². The quantitative estimate of drug-likeness (QED) is 0.758. The first-order valence-electron chi connectivity index (χ1n) is 5.35. The van der Waals surface area contributed by atoms with Crippen LogP contribution in [0.2, 0.25) is 0 Å². The number of rotatable bonds is 4. The van der Waals surface area contributed by atoms with Crippen molar-refractivity contribution in [2.24, 2.45) is 0 Å². The van der Waals surface area contributed by atoms with Gasteiger partial charge in [0.1, 0.15) is 0 Å². The van der Waals surface area contributed by atoms with E-state index in [9.17, 15) is 4.79 Å². The van der Waals surface area contributed by atoms with Gasteiger partial charge >= 0.3 is 0 Å². The average Bonchev–Trinajstić information content (AvgIpc) is 2.27. The zero-order valence-corrected chi connectivity index (χ0v) is 10.9. The topological polar surface area (TPSA) is 38.1 Å². The Morgan fingerprint density at radius 2 is 2.12 bits per heavy atom. The highest BCUT2D eigenvalue weighted by molar-refractivity contribution is 6.18. The molecule has 0 spiro atoms. The van der Waals surface area contributed by atoms with Crippen molar-refractivity contribution in [3.8, 4) is 0 Å². The maximum Gasteiger partial charge on any atom is 0.293 e. The predicted octanol–water partition coefficient (Wildman–Crippen LogP) is 1.89. The second-order valence-electron chi connectivity index (χ2n) is 4.17. The smallest absolute Gasteiger partial charge is 0.293 e. The van der Waals surface area contributed by atoms with Crippen molar-refractivity contribution in [1.82, 2.24) is 9.55 Å². The summed E-state index contributed by atoms with van der Waals surface area (Å²) in [5.41, 5.74) is -0.0723. The SMILES string of the molecule is CC(CCl)N(C)c1nccn(C(C)C)c1=O. The van der Waals surface area contributed by atoms with Gasteiger partial charge in [0, 0.05) is 37.4 Å². The summed E-state index contributed by atoms with van der Waals surface area (Å²) in [7, 11) is 1.83. The maximum atomic E-state index is 12.1.